The maximum Gasteiger partial charge on any atom is 0.331 e. The summed E-state index contributed by atoms with van der Waals surface area (Å²) in [5.41, 5.74) is 0.408. The number of imidazole rings is 1. The summed E-state index contributed by atoms with van der Waals surface area (Å²) in [5.74, 6) is 0. The molecule has 1 aliphatic carbocycles. The van der Waals surface area contributed by atoms with Crippen molar-refractivity contribution >= 4 is 22.9 Å². The van der Waals surface area contributed by atoms with E-state index in [2.05, 4.69) is 16.0 Å². The van der Waals surface area contributed by atoms with Gasteiger partial charge in [0.2, 0.25) is 0 Å². The molecule has 0 saturated heterocycles. The summed E-state index contributed by atoms with van der Waals surface area (Å²) in [5, 5.41) is 10.1. The molecule has 0 atom stereocenters. The molecule has 0 bridgehead atoms. The van der Waals surface area contributed by atoms with Crippen LogP contribution in [0.3, 0.4) is 0 Å². The smallest absolute Gasteiger partial charge is 0.289 e. The Morgan fingerprint density at radius 3 is 2.80 bits per heavy atom. The van der Waals surface area contributed by atoms with Gasteiger partial charge in [0, 0.05) is 6.54 Å². The van der Waals surface area contributed by atoms with Gasteiger partial charge in [-0.15, -0.1) is 0 Å². The van der Waals surface area contributed by atoms with Crippen LogP contribution in [-0.2, 0) is 12.1 Å². The maximum absolute atomic E-state index is 12.6. The summed E-state index contributed by atoms with van der Waals surface area (Å²) in [7, 11) is 0. The summed E-state index contributed by atoms with van der Waals surface area (Å²) in [4.78, 5) is 21.3. The molecular weight excluding hydrogens is 274 g/mol. The first-order chi connectivity index (χ1) is 9.66. The van der Waals surface area contributed by atoms with Crippen molar-refractivity contribution in [3.63, 3.8) is 0 Å². The van der Waals surface area contributed by atoms with Gasteiger partial charge in [0.1, 0.15) is 11.1 Å². The fraction of sp³-hybridized carbons (Fsp3) is 0.538. The van der Waals surface area contributed by atoms with Crippen LogP contribution < -0.4 is 5.69 Å². The SMILES string of the molecule is CCn1c(=O)n(C2(C#N)CCC2)c2nc(SC)ncc21. The highest BCUT2D eigenvalue weighted by Gasteiger charge is 2.42. The molecular formula is C13H15N5OS. The molecule has 104 valence electrons. The molecule has 20 heavy (non-hydrogen) atoms. The van der Waals surface area contributed by atoms with Crippen LogP contribution in [0.2, 0.25) is 0 Å². The minimum atomic E-state index is -0.722. The third-order valence-corrected chi connectivity index (χ3v) is 4.53. The molecule has 0 unspecified atom stereocenters. The number of aryl methyl sites for hydroxylation is 1. The molecule has 1 fully saturated rings. The number of nitrogens with zero attached hydrogens (tertiary/aromatic N) is 5. The van der Waals surface area contributed by atoms with Gasteiger partial charge < -0.3 is 0 Å². The van der Waals surface area contributed by atoms with Crippen molar-refractivity contribution in [3.8, 4) is 6.07 Å². The van der Waals surface area contributed by atoms with Gasteiger partial charge in [0.25, 0.3) is 0 Å². The highest BCUT2D eigenvalue weighted by Crippen LogP contribution is 2.39. The molecule has 0 N–H and O–H groups in total. The van der Waals surface area contributed by atoms with Crippen LogP contribution in [0.25, 0.3) is 11.2 Å². The molecule has 0 aromatic carbocycles. The maximum atomic E-state index is 12.6. The number of nitriles is 1. The number of thioether (sulfide) groups is 1. The van der Waals surface area contributed by atoms with Gasteiger partial charge in [-0.25, -0.2) is 14.8 Å². The molecule has 6 nitrogen and oxygen atoms in total. The van der Waals surface area contributed by atoms with E-state index in [0.29, 0.717) is 35.7 Å². The Morgan fingerprint density at radius 2 is 2.30 bits per heavy atom. The number of rotatable bonds is 3. The number of fused-ring (bicyclic) bond motifs is 1. The summed E-state index contributed by atoms with van der Waals surface area (Å²) in [6.07, 6.45) is 5.97. The third kappa shape index (κ3) is 1.61. The quantitative estimate of drug-likeness (QED) is 0.635. The minimum absolute atomic E-state index is 0.156. The number of aromatic nitrogens is 4. The first kappa shape index (κ1) is 13.2. The summed E-state index contributed by atoms with van der Waals surface area (Å²) >= 11 is 1.43. The molecule has 2 heterocycles. The summed E-state index contributed by atoms with van der Waals surface area (Å²) in [6.45, 7) is 2.46. The first-order valence-electron chi connectivity index (χ1n) is 6.61. The number of hydrogen-bond acceptors (Lipinski definition) is 5. The Labute approximate surface area is 120 Å². The van der Waals surface area contributed by atoms with E-state index in [4.69, 9.17) is 0 Å². The lowest BCUT2D eigenvalue weighted by molar-refractivity contribution is 0.216. The zero-order chi connectivity index (χ0) is 14.3. The van der Waals surface area contributed by atoms with Crippen molar-refractivity contribution in [2.75, 3.05) is 6.26 Å². The van der Waals surface area contributed by atoms with Gasteiger partial charge in [0.15, 0.2) is 10.8 Å². The van der Waals surface area contributed by atoms with Gasteiger partial charge in [-0.1, -0.05) is 11.8 Å². The van der Waals surface area contributed by atoms with Crippen molar-refractivity contribution in [1.82, 2.24) is 19.1 Å². The lowest BCUT2D eigenvalue weighted by Crippen LogP contribution is -2.45. The Bertz CT molecular complexity index is 765. The monoisotopic (exact) mass is 289 g/mol. The zero-order valence-corrected chi connectivity index (χ0v) is 12.3. The topological polar surface area (TPSA) is 76.5 Å². The Morgan fingerprint density at radius 1 is 1.55 bits per heavy atom. The van der Waals surface area contributed by atoms with E-state index in [1.165, 1.54) is 11.8 Å². The predicted molar refractivity (Wildman–Crippen MR) is 76.7 cm³/mol. The molecule has 0 aliphatic heterocycles. The van der Waals surface area contributed by atoms with Crippen LogP contribution in [0.4, 0.5) is 0 Å². The molecule has 0 radical (unpaired) electrons. The number of hydrogen-bond donors (Lipinski definition) is 0. The van der Waals surface area contributed by atoms with Gasteiger partial charge in [-0.2, -0.15) is 5.26 Å². The van der Waals surface area contributed by atoms with Crippen LogP contribution in [0, 0.1) is 11.3 Å². The summed E-state index contributed by atoms with van der Waals surface area (Å²) in [6, 6.07) is 2.32. The normalized spacial score (nSPS) is 16.9. The van der Waals surface area contributed by atoms with Crippen LogP contribution >= 0.6 is 11.8 Å². The van der Waals surface area contributed by atoms with Crippen LogP contribution in [0.15, 0.2) is 16.1 Å². The standard InChI is InChI=1S/C13H15N5OS/c1-3-17-9-7-15-11(20-2)16-10(9)18(12(17)19)13(8-14)5-4-6-13/h7H,3-6H2,1-2H3. The lowest BCUT2D eigenvalue weighted by Gasteiger charge is -2.35. The molecule has 2 aromatic heterocycles. The van der Waals surface area contributed by atoms with Crippen LogP contribution in [-0.4, -0.2) is 25.4 Å². The molecule has 7 heteroatoms. The molecule has 0 amide bonds. The van der Waals surface area contributed by atoms with Crippen LogP contribution in [0.1, 0.15) is 26.2 Å². The van der Waals surface area contributed by atoms with Crippen molar-refractivity contribution < 1.29 is 0 Å². The average molecular weight is 289 g/mol. The Balaban J connectivity index is 2.38. The summed E-state index contributed by atoms with van der Waals surface area (Å²) < 4.78 is 3.22. The zero-order valence-electron chi connectivity index (χ0n) is 11.5. The van der Waals surface area contributed by atoms with Crippen LogP contribution in [0.5, 0.6) is 0 Å². The third-order valence-electron chi connectivity index (χ3n) is 3.97. The second kappa shape index (κ2) is 4.63. The average Bonchev–Trinajstić information content (AvgIpc) is 2.70. The second-order valence-corrected chi connectivity index (χ2v) is 5.70. The van der Waals surface area contributed by atoms with Gasteiger partial charge in [-0.05, 0) is 32.4 Å². The van der Waals surface area contributed by atoms with E-state index >= 15 is 0 Å². The van der Waals surface area contributed by atoms with Crippen molar-refractivity contribution in [1.29, 1.82) is 5.26 Å². The minimum Gasteiger partial charge on any atom is -0.289 e. The van der Waals surface area contributed by atoms with E-state index in [9.17, 15) is 10.1 Å². The molecule has 0 spiro atoms. The lowest BCUT2D eigenvalue weighted by atomic mass is 9.78. The molecule has 1 saturated carbocycles. The van der Waals surface area contributed by atoms with E-state index in [1.54, 1.807) is 15.3 Å². The van der Waals surface area contributed by atoms with E-state index in [1.807, 2.05) is 13.2 Å². The van der Waals surface area contributed by atoms with Crippen molar-refractivity contribution in [3.05, 3.63) is 16.7 Å². The van der Waals surface area contributed by atoms with Gasteiger partial charge in [-0.3, -0.25) is 9.13 Å². The molecule has 3 rings (SSSR count). The highest BCUT2D eigenvalue weighted by molar-refractivity contribution is 7.98. The predicted octanol–water partition coefficient (Wildman–Crippen LogP) is 1.74. The Hall–Kier alpha value is -1.81. The van der Waals surface area contributed by atoms with E-state index < -0.39 is 5.54 Å². The molecule has 2 aromatic rings. The first-order valence-corrected chi connectivity index (χ1v) is 7.83. The van der Waals surface area contributed by atoms with Crippen molar-refractivity contribution in [2.24, 2.45) is 0 Å². The fourth-order valence-electron chi connectivity index (χ4n) is 2.71. The fourth-order valence-corrected chi connectivity index (χ4v) is 3.04. The van der Waals surface area contributed by atoms with E-state index in [-0.39, 0.29) is 5.69 Å². The Kier molecular flexibility index (Phi) is 3.05. The van der Waals surface area contributed by atoms with Gasteiger partial charge in [0.05, 0.1) is 12.3 Å². The molecule has 1 aliphatic rings. The van der Waals surface area contributed by atoms with E-state index in [0.717, 1.165) is 6.42 Å². The largest absolute Gasteiger partial charge is 0.331 e. The van der Waals surface area contributed by atoms with Gasteiger partial charge >= 0.3 is 5.69 Å². The second-order valence-electron chi connectivity index (χ2n) is 4.92. The highest BCUT2D eigenvalue weighted by atomic mass is 32.2. The van der Waals surface area contributed by atoms with Crippen molar-refractivity contribution in [2.45, 2.75) is 43.4 Å².